The van der Waals surface area contributed by atoms with Crippen LogP contribution >= 0.6 is 0 Å². The normalized spacial score (nSPS) is 10.8. The zero-order valence-corrected chi connectivity index (χ0v) is 6.96. The van der Waals surface area contributed by atoms with Crippen molar-refractivity contribution in [3.8, 4) is 5.75 Å². The minimum absolute atomic E-state index is 0.00463. The van der Waals surface area contributed by atoms with Crippen molar-refractivity contribution in [2.75, 3.05) is 0 Å². The van der Waals surface area contributed by atoms with Crippen LogP contribution in [0.4, 0.5) is 8.78 Å². The maximum Gasteiger partial charge on any atom is 0.280 e. The number of aromatic hydroxyl groups is 1. The minimum Gasteiger partial charge on any atom is -0.506 e. The molecule has 3 nitrogen and oxygen atoms in total. The maximum atomic E-state index is 12.3. The summed E-state index contributed by atoms with van der Waals surface area (Å²) >= 11 is 0. The second-order valence-corrected chi connectivity index (χ2v) is 2.59. The summed E-state index contributed by atoms with van der Waals surface area (Å²) in [5, 5.41) is 17.9. The van der Waals surface area contributed by atoms with E-state index in [-0.39, 0.29) is 16.9 Å². The number of rotatable bonds is 2. The highest BCUT2D eigenvalue weighted by Gasteiger charge is 2.17. The molecular formula is C8H9F2NO2. The first-order valence-electron chi connectivity index (χ1n) is 3.64. The first-order chi connectivity index (χ1) is 6.07. The number of halogens is 2. The molecule has 72 valence electrons. The molecule has 1 aromatic rings. The Hall–Kier alpha value is -1.23. The lowest BCUT2D eigenvalue weighted by Crippen LogP contribution is -2.01. The van der Waals surface area contributed by atoms with Gasteiger partial charge in [-0.2, -0.15) is 0 Å². The van der Waals surface area contributed by atoms with Gasteiger partial charge in [0.25, 0.3) is 6.43 Å². The van der Waals surface area contributed by atoms with Crippen LogP contribution < -0.4 is 0 Å². The molecule has 5 heteroatoms. The molecule has 13 heavy (non-hydrogen) atoms. The summed E-state index contributed by atoms with van der Waals surface area (Å²) in [6.07, 6.45) is -1.78. The van der Waals surface area contributed by atoms with Crippen molar-refractivity contribution < 1.29 is 19.0 Å². The predicted molar refractivity (Wildman–Crippen MR) is 41.5 cm³/mol. The Labute approximate surface area is 73.7 Å². The van der Waals surface area contributed by atoms with E-state index in [1.165, 1.54) is 6.92 Å². The largest absolute Gasteiger partial charge is 0.506 e. The van der Waals surface area contributed by atoms with Crippen molar-refractivity contribution in [1.29, 1.82) is 0 Å². The van der Waals surface area contributed by atoms with E-state index < -0.39 is 18.7 Å². The molecule has 0 unspecified atom stereocenters. The van der Waals surface area contributed by atoms with Crippen molar-refractivity contribution in [3.63, 3.8) is 0 Å². The van der Waals surface area contributed by atoms with Crippen LogP contribution in [0.25, 0.3) is 0 Å². The third-order valence-electron chi connectivity index (χ3n) is 1.84. The molecule has 1 heterocycles. The van der Waals surface area contributed by atoms with E-state index in [9.17, 15) is 8.78 Å². The summed E-state index contributed by atoms with van der Waals surface area (Å²) in [6.45, 7) is 0.904. The first-order valence-corrected chi connectivity index (χ1v) is 3.64. The Kier molecular flexibility index (Phi) is 2.77. The molecule has 0 amide bonds. The fourth-order valence-electron chi connectivity index (χ4n) is 1.04. The van der Waals surface area contributed by atoms with Gasteiger partial charge in [-0.1, -0.05) is 0 Å². The smallest absolute Gasteiger partial charge is 0.280 e. The Morgan fingerprint density at radius 3 is 2.62 bits per heavy atom. The van der Waals surface area contributed by atoms with E-state index >= 15 is 0 Å². The number of hydrogen-bond donors (Lipinski definition) is 2. The van der Waals surface area contributed by atoms with Crippen LogP contribution in [-0.2, 0) is 6.61 Å². The van der Waals surface area contributed by atoms with Gasteiger partial charge in [0.2, 0.25) is 0 Å². The average Bonchev–Trinajstić information content (AvgIpc) is 2.09. The zero-order chi connectivity index (χ0) is 10.0. The molecular weight excluding hydrogens is 180 g/mol. The van der Waals surface area contributed by atoms with Gasteiger partial charge in [0.1, 0.15) is 11.4 Å². The third kappa shape index (κ3) is 1.75. The summed E-state index contributed by atoms with van der Waals surface area (Å²) in [4.78, 5) is 3.35. The molecule has 0 fully saturated rings. The monoisotopic (exact) mass is 189 g/mol. The molecule has 0 saturated carbocycles. The molecule has 1 aromatic heterocycles. The molecule has 0 saturated heterocycles. The molecule has 0 bridgehead atoms. The van der Waals surface area contributed by atoms with Crippen LogP contribution in [0.2, 0.25) is 0 Å². The van der Waals surface area contributed by atoms with Gasteiger partial charge in [-0.05, 0) is 12.5 Å². The highest BCUT2D eigenvalue weighted by Crippen LogP contribution is 2.27. The van der Waals surface area contributed by atoms with Crippen molar-refractivity contribution in [1.82, 2.24) is 4.98 Å². The number of nitrogens with zero attached hydrogens (tertiary/aromatic N) is 1. The molecule has 0 radical (unpaired) electrons. The van der Waals surface area contributed by atoms with Crippen LogP contribution in [0, 0.1) is 6.92 Å². The second kappa shape index (κ2) is 3.66. The first kappa shape index (κ1) is 9.85. The maximum absolute atomic E-state index is 12.3. The van der Waals surface area contributed by atoms with Crippen LogP contribution in [0.15, 0.2) is 6.20 Å². The molecule has 0 aliphatic heterocycles. The molecule has 0 atom stereocenters. The minimum atomic E-state index is -2.73. The Balaban J connectivity index is 3.30. The van der Waals surface area contributed by atoms with Crippen molar-refractivity contribution in [2.24, 2.45) is 0 Å². The van der Waals surface area contributed by atoms with Gasteiger partial charge >= 0.3 is 0 Å². The van der Waals surface area contributed by atoms with Gasteiger partial charge in [-0.25, -0.2) is 8.78 Å². The predicted octanol–water partition coefficient (Wildman–Crippen LogP) is 1.53. The van der Waals surface area contributed by atoms with Gasteiger partial charge in [-0.15, -0.1) is 0 Å². The number of alkyl halides is 2. The fraction of sp³-hybridized carbons (Fsp3) is 0.375. The van der Waals surface area contributed by atoms with Gasteiger partial charge in [0.15, 0.2) is 0 Å². The van der Waals surface area contributed by atoms with Gasteiger partial charge in [-0.3, -0.25) is 4.98 Å². The Morgan fingerprint density at radius 2 is 2.15 bits per heavy atom. The summed E-state index contributed by atoms with van der Waals surface area (Å²) in [7, 11) is 0. The van der Waals surface area contributed by atoms with E-state index in [0.29, 0.717) is 0 Å². The summed E-state index contributed by atoms with van der Waals surface area (Å²) in [6, 6.07) is 0. The van der Waals surface area contributed by atoms with Crippen LogP contribution in [0.3, 0.4) is 0 Å². The zero-order valence-electron chi connectivity index (χ0n) is 6.96. The number of pyridine rings is 1. The molecule has 0 aliphatic rings. The van der Waals surface area contributed by atoms with E-state index in [2.05, 4.69) is 4.98 Å². The van der Waals surface area contributed by atoms with Gasteiger partial charge in [0, 0.05) is 5.56 Å². The summed E-state index contributed by atoms with van der Waals surface area (Å²) < 4.78 is 24.5. The van der Waals surface area contributed by atoms with E-state index in [4.69, 9.17) is 10.2 Å². The van der Waals surface area contributed by atoms with Crippen LogP contribution in [-0.4, -0.2) is 15.2 Å². The van der Waals surface area contributed by atoms with Gasteiger partial charge in [0.05, 0.1) is 12.8 Å². The lowest BCUT2D eigenvalue weighted by Gasteiger charge is -2.09. The highest BCUT2D eigenvalue weighted by molar-refractivity contribution is 5.38. The fourth-order valence-corrected chi connectivity index (χ4v) is 1.04. The molecule has 0 spiro atoms. The summed E-state index contributed by atoms with van der Waals surface area (Å²) in [5.41, 5.74) is -0.236. The quantitative estimate of drug-likeness (QED) is 0.741. The lowest BCUT2D eigenvalue weighted by atomic mass is 10.1. The Morgan fingerprint density at radius 1 is 1.54 bits per heavy atom. The van der Waals surface area contributed by atoms with E-state index in [1.807, 2.05) is 0 Å². The Bertz CT molecular complexity index is 315. The number of hydrogen-bond acceptors (Lipinski definition) is 3. The highest BCUT2D eigenvalue weighted by atomic mass is 19.3. The third-order valence-corrected chi connectivity index (χ3v) is 1.84. The number of aliphatic hydroxyl groups excluding tert-OH is 1. The van der Waals surface area contributed by atoms with Gasteiger partial charge < -0.3 is 10.2 Å². The number of aromatic nitrogens is 1. The molecule has 1 rings (SSSR count). The summed E-state index contributed by atoms with van der Waals surface area (Å²) in [5.74, 6) is -0.187. The van der Waals surface area contributed by atoms with Crippen LogP contribution in [0.1, 0.15) is 23.2 Å². The van der Waals surface area contributed by atoms with Crippen LogP contribution in [0.5, 0.6) is 5.75 Å². The number of aliphatic hydroxyl groups is 1. The topological polar surface area (TPSA) is 53.4 Å². The van der Waals surface area contributed by atoms with Crippen molar-refractivity contribution >= 4 is 0 Å². The molecule has 2 N–H and O–H groups in total. The average molecular weight is 189 g/mol. The SMILES string of the molecule is Cc1c(O)cnc(C(F)F)c1CO. The van der Waals surface area contributed by atoms with Crippen molar-refractivity contribution in [3.05, 3.63) is 23.0 Å². The lowest BCUT2D eigenvalue weighted by molar-refractivity contribution is 0.141. The standard InChI is InChI=1S/C8H9F2NO2/c1-4-5(3-12)7(8(9)10)11-2-6(4)13/h2,8,12-13H,3H2,1H3. The second-order valence-electron chi connectivity index (χ2n) is 2.59. The molecule has 0 aliphatic carbocycles. The molecule has 0 aromatic carbocycles. The van der Waals surface area contributed by atoms with E-state index in [1.54, 1.807) is 0 Å². The van der Waals surface area contributed by atoms with Crippen molar-refractivity contribution in [2.45, 2.75) is 20.0 Å². The van der Waals surface area contributed by atoms with E-state index in [0.717, 1.165) is 6.20 Å².